The molecule has 1 aromatic rings. The zero-order valence-electron chi connectivity index (χ0n) is 11.7. The number of nitrogens with one attached hydrogen (secondary N) is 1. The van der Waals surface area contributed by atoms with Crippen molar-refractivity contribution in [3.63, 3.8) is 0 Å². The summed E-state index contributed by atoms with van der Waals surface area (Å²) in [7, 11) is 0. The minimum absolute atomic E-state index is 0.689. The monoisotopic (exact) mass is 284 g/mol. The number of thioether (sulfide) groups is 1. The third-order valence-corrected chi connectivity index (χ3v) is 5.83. The fourth-order valence-electron chi connectivity index (χ4n) is 2.32. The third kappa shape index (κ3) is 4.25. The Kier molecular flexibility index (Phi) is 5.52. The molecule has 0 aliphatic heterocycles. The predicted molar refractivity (Wildman–Crippen MR) is 82.4 cm³/mol. The number of nitrogens with zero attached hydrogens (tertiary/aromatic N) is 1. The number of thiazole rings is 1. The van der Waals surface area contributed by atoms with Gasteiger partial charge >= 0.3 is 0 Å². The van der Waals surface area contributed by atoms with Crippen molar-refractivity contribution < 1.29 is 0 Å². The van der Waals surface area contributed by atoms with Crippen LogP contribution in [0.15, 0.2) is 0 Å². The van der Waals surface area contributed by atoms with E-state index in [-0.39, 0.29) is 0 Å². The van der Waals surface area contributed by atoms with Gasteiger partial charge in [0.25, 0.3) is 0 Å². The molecule has 4 heteroatoms. The minimum atomic E-state index is 0.689. The van der Waals surface area contributed by atoms with E-state index in [1.54, 1.807) is 0 Å². The SMILES string of the molecule is Cc1nc(CSC(C)C)sc1CNC1CCCC1. The maximum atomic E-state index is 4.69. The molecular weight excluding hydrogens is 260 g/mol. The molecule has 1 saturated carbocycles. The van der Waals surface area contributed by atoms with E-state index in [9.17, 15) is 0 Å². The standard InChI is InChI=1S/C14H24N2S2/c1-10(2)17-9-14-16-11(3)13(18-14)8-15-12-6-4-5-7-12/h10,12,15H,4-9H2,1-3H3. The molecule has 0 radical (unpaired) electrons. The Bertz CT molecular complexity index is 368. The van der Waals surface area contributed by atoms with Gasteiger partial charge in [-0.2, -0.15) is 11.8 Å². The molecule has 0 bridgehead atoms. The maximum Gasteiger partial charge on any atom is 0.103 e. The second-order valence-corrected chi connectivity index (χ2v) is 8.07. The first kappa shape index (κ1) is 14.4. The van der Waals surface area contributed by atoms with Crippen molar-refractivity contribution >= 4 is 23.1 Å². The normalized spacial score (nSPS) is 16.9. The molecule has 1 aliphatic carbocycles. The van der Waals surface area contributed by atoms with Gasteiger partial charge in [-0.15, -0.1) is 11.3 Å². The highest BCUT2D eigenvalue weighted by Crippen LogP contribution is 2.25. The lowest BCUT2D eigenvalue weighted by Crippen LogP contribution is -2.25. The van der Waals surface area contributed by atoms with Gasteiger partial charge in [0, 0.05) is 23.2 Å². The van der Waals surface area contributed by atoms with Crippen LogP contribution in [-0.4, -0.2) is 16.3 Å². The predicted octanol–water partition coefficient (Wildman–Crippen LogP) is 4.13. The maximum absolute atomic E-state index is 4.69. The van der Waals surface area contributed by atoms with Crippen LogP contribution in [0.1, 0.15) is 55.1 Å². The molecule has 0 spiro atoms. The lowest BCUT2D eigenvalue weighted by molar-refractivity contribution is 0.526. The highest BCUT2D eigenvalue weighted by atomic mass is 32.2. The first-order chi connectivity index (χ1) is 8.65. The van der Waals surface area contributed by atoms with Gasteiger partial charge in [0.1, 0.15) is 5.01 Å². The van der Waals surface area contributed by atoms with E-state index in [1.807, 2.05) is 23.1 Å². The second-order valence-electron chi connectivity index (χ2n) is 5.34. The topological polar surface area (TPSA) is 24.9 Å². The van der Waals surface area contributed by atoms with Crippen LogP contribution in [0.25, 0.3) is 0 Å². The van der Waals surface area contributed by atoms with Gasteiger partial charge in [-0.3, -0.25) is 0 Å². The lowest BCUT2D eigenvalue weighted by Gasteiger charge is -2.10. The van der Waals surface area contributed by atoms with E-state index in [1.165, 1.54) is 41.3 Å². The van der Waals surface area contributed by atoms with Crippen LogP contribution < -0.4 is 5.32 Å². The average molecular weight is 284 g/mol. The van der Waals surface area contributed by atoms with E-state index in [0.717, 1.165) is 18.3 Å². The van der Waals surface area contributed by atoms with Gasteiger partial charge in [-0.25, -0.2) is 4.98 Å². The summed E-state index contributed by atoms with van der Waals surface area (Å²) < 4.78 is 0. The van der Waals surface area contributed by atoms with Crippen molar-refractivity contribution in [1.29, 1.82) is 0 Å². The van der Waals surface area contributed by atoms with Crippen LogP contribution in [0.3, 0.4) is 0 Å². The Hall–Kier alpha value is -0.0600. The fraction of sp³-hybridized carbons (Fsp3) is 0.786. The van der Waals surface area contributed by atoms with Crippen LogP contribution >= 0.6 is 23.1 Å². The summed E-state index contributed by atoms with van der Waals surface area (Å²) in [4.78, 5) is 6.12. The van der Waals surface area contributed by atoms with Crippen molar-refractivity contribution in [2.24, 2.45) is 0 Å². The van der Waals surface area contributed by atoms with Crippen LogP contribution in [0, 0.1) is 6.92 Å². The Balaban J connectivity index is 1.83. The summed E-state index contributed by atoms with van der Waals surface area (Å²) in [5.41, 5.74) is 1.23. The molecule has 2 nitrogen and oxygen atoms in total. The Morgan fingerprint density at radius 3 is 2.78 bits per heavy atom. The minimum Gasteiger partial charge on any atom is -0.309 e. The van der Waals surface area contributed by atoms with Gasteiger partial charge in [0.15, 0.2) is 0 Å². The average Bonchev–Trinajstić information content (AvgIpc) is 2.93. The number of hydrogen-bond acceptors (Lipinski definition) is 4. The summed E-state index contributed by atoms with van der Waals surface area (Å²) in [6.07, 6.45) is 5.51. The molecule has 18 heavy (non-hydrogen) atoms. The van der Waals surface area contributed by atoms with Gasteiger partial charge in [0.2, 0.25) is 0 Å². The van der Waals surface area contributed by atoms with E-state index in [0.29, 0.717) is 5.25 Å². The van der Waals surface area contributed by atoms with Gasteiger partial charge < -0.3 is 5.32 Å². The summed E-state index contributed by atoms with van der Waals surface area (Å²) in [6.45, 7) is 7.65. The second kappa shape index (κ2) is 6.92. The quantitative estimate of drug-likeness (QED) is 0.850. The summed E-state index contributed by atoms with van der Waals surface area (Å²) in [5, 5.41) is 5.66. The zero-order valence-corrected chi connectivity index (χ0v) is 13.3. The molecule has 1 heterocycles. The van der Waals surface area contributed by atoms with Crippen LogP contribution in [0.4, 0.5) is 0 Å². The largest absolute Gasteiger partial charge is 0.309 e. The number of aromatic nitrogens is 1. The molecule has 0 unspecified atom stereocenters. The molecule has 1 fully saturated rings. The summed E-state index contributed by atoms with van der Waals surface area (Å²) >= 11 is 3.87. The van der Waals surface area contributed by atoms with Crippen molar-refractivity contribution in [2.45, 2.75) is 70.0 Å². The van der Waals surface area contributed by atoms with Crippen molar-refractivity contribution in [3.05, 3.63) is 15.6 Å². The molecule has 0 amide bonds. The number of hydrogen-bond donors (Lipinski definition) is 1. The van der Waals surface area contributed by atoms with Crippen LogP contribution in [0.2, 0.25) is 0 Å². The van der Waals surface area contributed by atoms with E-state index in [2.05, 4.69) is 31.1 Å². The summed E-state index contributed by atoms with van der Waals surface area (Å²) in [5.74, 6) is 1.06. The van der Waals surface area contributed by atoms with Gasteiger partial charge in [0.05, 0.1) is 5.69 Å². The fourth-order valence-corrected chi connectivity index (χ4v) is 4.12. The molecule has 2 rings (SSSR count). The van der Waals surface area contributed by atoms with Gasteiger partial charge in [-0.05, 0) is 25.0 Å². The molecule has 102 valence electrons. The van der Waals surface area contributed by atoms with Crippen molar-refractivity contribution in [2.75, 3.05) is 0 Å². The Morgan fingerprint density at radius 2 is 2.11 bits per heavy atom. The molecule has 1 N–H and O–H groups in total. The van der Waals surface area contributed by atoms with Crippen molar-refractivity contribution in [3.8, 4) is 0 Å². The first-order valence-corrected chi connectivity index (χ1v) is 8.82. The van der Waals surface area contributed by atoms with Crippen LogP contribution in [-0.2, 0) is 12.3 Å². The van der Waals surface area contributed by atoms with E-state index < -0.39 is 0 Å². The van der Waals surface area contributed by atoms with Crippen LogP contribution in [0.5, 0.6) is 0 Å². The Labute approximate surface area is 119 Å². The number of aryl methyl sites for hydroxylation is 1. The molecule has 1 aromatic heterocycles. The van der Waals surface area contributed by atoms with Gasteiger partial charge in [-0.1, -0.05) is 26.7 Å². The smallest absolute Gasteiger partial charge is 0.103 e. The molecule has 0 aromatic carbocycles. The number of rotatable bonds is 6. The third-order valence-electron chi connectivity index (χ3n) is 3.38. The van der Waals surface area contributed by atoms with E-state index in [4.69, 9.17) is 0 Å². The Morgan fingerprint density at radius 1 is 1.39 bits per heavy atom. The lowest BCUT2D eigenvalue weighted by atomic mass is 10.2. The highest BCUT2D eigenvalue weighted by molar-refractivity contribution is 7.99. The summed E-state index contributed by atoms with van der Waals surface area (Å²) in [6, 6.07) is 0.750. The zero-order chi connectivity index (χ0) is 13.0. The van der Waals surface area contributed by atoms with E-state index >= 15 is 0 Å². The van der Waals surface area contributed by atoms with Crippen molar-refractivity contribution in [1.82, 2.24) is 10.3 Å². The molecule has 1 aliphatic rings. The highest BCUT2D eigenvalue weighted by Gasteiger charge is 2.15. The molecule has 0 saturated heterocycles. The molecule has 0 atom stereocenters. The first-order valence-electron chi connectivity index (χ1n) is 6.95. The molecular formula is C14H24N2S2.